The van der Waals surface area contributed by atoms with Gasteiger partial charge in [0.25, 0.3) is 0 Å². The van der Waals surface area contributed by atoms with Crippen LogP contribution in [0.3, 0.4) is 0 Å². The lowest BCUT2D eigenvalue weighted by atomic mass is 9.50. The number of hydrogen-bond acceptors (Lipinski definition) is 2. The molecule has 4 aliphatic rings. The van der Waals surface area contributed by atoms with Crippen LogP contribution in [0.5, 0.6) is 0 Å². The first-order valence-electron chi connectivity index (χ1n) is 21.0. The van der Waals surface area contributed by atoms with Crippen LogP contribution in [0.4, 0.5) is 0 Å². The molecular formula is C48H74O2. The Balaban J connectivity index is 1.17. The number of carbonyl (C=O) groups is 1. The van der Waals surface area contributed by atoms with Crippen LogP contribution in [0.2, 0.25) is 0 Å². The molecule has 0 aliphatic heterocycles. The topological polar surface area (TPSA) is 26.3 Å². The van der Waals surface area contributed by atoms with E-state index in [2.05, 4.69) is 121 Å². The van der Waals surface area contributed by atoms with Crippen LogP contribution in [0.1, 0.15) is 158 Å². The van der Waals surface area contributed by atoms with E-state index in [9.17, 15) is 4.79 Å². The summed E-state index contributed by atoms with van der Waals surface area (Å²) in [6.07, 6.45) is 47.0. The lowest BCUT2D eigenvalue weighted by Crippen LogP contribution is -2.46. The summed E-state index contributed by atoms with van der Waals surface area (Å²) in [5, 5.41) is 0. The molecule has 0 bridgehead atoms. The Morgan fingerprint density at radius 1 is 0.780 bits per heavy atom. The van der Waals surface area contributed by atoms with E-state index in [-0.39, 0.29) is 17.5 Å². The van der Waals surface area contributed by atoms with E-state index in [1.165, 1.54) is 56.9 Å². The van der Waals surface area contributed by atoms with Crippen molar-refractivity contribution in [3.63, 3.8) is 0 Å². The van der Waals surface area contributed by atoms with Gasteiger partial charge in [0.15, 0.2) is 0 Å². The Morgan fingerprint density at radius 3 is 2.10 bits per heavy atom. The number of ether oxygens (including phenoxy) is 1. The highest BCUT2D eigenvalue weighted by molar-refractivity contribution is 5.69. The van der Waals surface area contributed by atoms with Crippen LogP contribution in [-0.4, -0.2) is 12.1 Å². The van der Waals surface area contributed by atoms with Gasteiger partial charge < -0.3 is 4.74 Å². The molecule has 50 heavy (non-hydrogen) atoms. The first-order chi connectivity index (χ1) is 24.1. The maximum atomic E-state index is 12.8. The predicted octanol–water partition coefficient (Wildman–Crippen LogP) is 14.0. The molecule has 0 heterocycles. The summed E-state index contributed by atoms with van der Waals surface area (Å²) in [6.45, 7) is 16.9. The Labute approximate surface area is 308 Å². The van der Waals surface area contributed by atoms with E-state index in [0.717, 1.165) is 63.2 Å². The Morgan fingerprint density at radius 2 is 1.44 bits per heavy atom. The highest BCUT2D eigenvalue weighted by Crippen LogP contribution is 2.66. The molecule has 3 saturated carbocycles. The van der Waals surface area contributed by atoms with E-state index in [0.29, 0.717) is 35.5 Å². The fourth-order valence-corrected chi connectivity index (χ4v) is 9.85. The zero-order valence-corrected chi connectivity index (χ0v) is 33.3. The zero-order chi connectivity index (χ0) is 36.0. The van der Waals surface area contributed by atoms with Gasteiger partial charge in [-0.3, -0.25) is 4.79 Å². The number of allylic oxidation sites excluding steroid dienone is 13. The maximum absolute atomic E-state index is 12.8. The summed E-state index contributed by atoms with van der Waals surface area (Å²) in [6, 6.07) is 0. The largest absolute Gasteiger partial charge is 0.462 e. The summed E-state index contributed by atoms with van der Waals surface area (Å²) in [4.78, 5) is 12.8. The minimum absolute atomic E-state index is 0.0153. The molecule has 0 saturated heterocycles. The summed E-state index contributed by atoms with van der Waals surface area (Å²) >= 11 is 0. The van der Waals surface area contributed by atoms with Crippen molar-refractivity contribution in [2.24, 2.45) is 46.3 Å². The smallest absolute Gasteiger partial charge is 0.306 e. The zero-order valence-electron chi connectivity index (χ0n) is 33.3. The van der Waals surface area contributed by atoms with Crippen LogP contribution in [0.15, 0.2) is 84.1 Å². The first-order valence-corrected chi connectivity index (χ1v) is 21.0. The third-order valence-corrected chi connectivity index (χ3v) is 13.5. The molecule has 2 heteroatoms. The normalized spacial score (nSPS) is 31.0. The van der Waals surface area contributed by atoms with Crippen molar-refractivity contribution < 1.29 is 9.53 Å². The van der Waals surface area contributed by atoms with Crippen molar-refractivity contribution in [1.29, 1.82) is 0 Å². The summed E-state index contributed by atoms with van der Waals surface area (Å²) in [5.41, 5.74) is 3.93. The highest BCUT2D eigenvalue weighted by Gasteiger charge is 2.57. The molecule has 0 aromatic rings. The van der Waals surface area contributed by atoms with Crippen molar-refractivity contribution in [2.75, 3.05) is 0 Å². The van der Waals surface area contributed by atoms with Crippen molar-refractivity contribution in [2.45, 2.75) is 164 Å². The SMILES string of the molecule is CCCCCC=CCC=CCC=CCC=CCCCC(=O)OC1CC[C@@]2(C)C(=CC=C3[C@@H]4CC[C@H]([C@H](C)C=C[C@H](C)C(C)C)[C@@]4(C)CC[C@@H]32)C1. The van der Waals surface area contributed by atoms with Crippen molar-refractivity contribution in [3.05, 3.63) is 84.1 Å². The Bertz CT molecular complexity index is 1270. The average Bonchev–Trinajstić information content (AvgIpc) is 3.45. The quantitative estimate of drug-likeness (QED) is 0.0770. The van der Waals surface area contributed by atoms with Crippen LogP contribution >= 0.6 is 0 Å². The van der Waals surface area contributed by atoms with Crippen LogP contribution < -0.4 is 0 Å². The third-order valence-electron chi connectivity index (χ3n) is 13.5. The number of esters is 1. The van der Waals surface area contributed by atoms with Crippen molar-refractivity contribution >= 4 is 5.97 Å². The van der Waals surface area contributed by atoms with Gasteiger partial charge in [-0.15, -0.1) is 0 Å². The van der Waals surface area contributed by atoms with Gasteiger partial charge in [0.2, 0.25) is 0 Å². The number of unbranched alkanes of at least 4 members (excludes halogenated alkanes) is 4. The van der Waals surface area contributed by atoms with Crippen molar-refractivity contribution in [3.8, 4) is 0 Å². The van der Waals surface area contributed by atoms with Gasteiger partial charge >= 0.3 is 5.97 Å². The maximum Gasteiger partial charge on any atom is 0.306 e. The van der Waals surface area contributed by atoms with E-state index in [1.807, 2.05) is 0 Å². The van der Waals surface area contributed by atoms with Crippen LogP contribution in [0, 0.1) is 46.3 Å². The fourth-order valence-electron chi connectivity index (χ4n) is 9.85. The molecule has 0 aromatic carbocycles. The average molecular weight is 683 g/mol. The molecule has 8 atom stereocenters. The Kier molecular flexibility index (Phi) is 16.2. The molecule has 1 unspecified atom stereocenters. The van der Waals surface area contributed by atoms with Gasteiger partial charge in [-0.05, 0) is 130 Å². The number of carbonyl (C=O) groups excluding carboxylic acids is 1. The standard InChI is InChI=1S/C48H74O2/c1-8-9-10-11-12-13-14-15-16-17-18-19-20-21-22-23-24-25-46(49)50-41-32-34-47(6)40(36-41)28-29-42-44-31-30-43(48(44,7)35-33-45(42)47)39(5)27-26-38(4)37(2)3/h12-13,15-16,18-19,21-22,26-29,37-39,41,43-45H,8-11,14,17,20,23-25,30-36H2,1-7H3/t38-,39+,41?,43+,44-,45-,47-,48+/m0/s1. The summed E-state index contributed by atoms with van der Waals surface area (Å²) in [5.74, 6) is 4.14. The van der Waals surface area contributed by atoms with Crippen LogP contribution in [-0.2, 0) is 9.53 Å². The van der Waals surface area contributed by atoms with E-state index >= 15 is 0 Å². The van der Waals surface area contributed by atoms with Crippen molar-refractivity contribution in [1.82, 2.24) is 0 Å². The molecule has 3 fully saturated rings. The second kappa shape index (κ2) is 20.0. The van der Waals surface area contributed by atoms with Gasteiger partial charge in [0.1, 0.15) is 6.10 Å². The van der Waals surface area contributed by atoms with E-state index < -0.39 is 0 Å². The lowest BCUT2D eigenvalue weighted by molar-refractivity contribution is -0.150. The van der Waals surface area contributed by atoms with Gasteiger partial charge in [-0.25, -0.2) is 0 Å². The molecule has 4 rings (SSSR count). The third kappa shape index (κ3) is 10.8. The molecule has 4 aliphatic carbocycles. The molecular weight excluding hydrogens is 609 g/mol. The molecule has 278 valence electrons. The second-order valence-corrected chi connectivity index (χ2v) is 17.3. The monoisotopic (exact) mass is 683 g/mol. The molecule has 0 radical (unpaired) electrons. The number of hydrogen-bond donors (Lipinski definition) is 0. The fraction of sp³-hybridized carbons (Fsp3) is 0.688. The molecule has 2 nitrogen and oxygen atoms in total. The van der Waals surface area contributed by atoms with E-state index in [4.69, 9.17) is 4.74 Å². The second-order valence-electron chi connectivity index (χ2n) is 17.3. The first kappa shape index (κ1) is 40.4. The minimum atomic E-state index is -0.0153. The van der Waals surface area contributed by atoms with Gasteiger partial charge in [0, 0.05) is 12.8 Å². The number of rotatable bonds is 19. The van der Waals surface area contributed by atoms with Gasteiger partial charge in [-0.1, -0.05) is 145 Å². The van der Waals surface area contributed by atoms with E-state index in [1.54, 1.807) is 5.57 Å². The lowest BCUT2D eigenvalue weighted by Gasteiger charge is -2.55. The predicted molar refractivity (Wildman–Crippen MR) is 216 cm³/mol. The summed E-state index contributed by atoms with van der Waals surface area (Å²) < 4.78 is 6.08. The molecule has 0 aromatic heterocycles. The van der Waals surface area contributed by atoms with Gasteiger partial charge in [0.05, 0.1) is 0 Å². The van der Waals surface area contributed by atoms with Crippen LogP contribution in [0.25, 0.3) is 0 Å². The molecule has 0 spiro atoms. The molecule has 0 amide bonds. The number of fused-ring (bicyclic) bond motifs is 5. The highest BCUT2D eigenvalue weighted by atomic mass is 16.5. The minimum Gasteiger partial charge on any atom is -0.462 e. The molecule has 0 N–H and O–H groups in total. The Hall–Kier alpha value is -2.35. The summed E-state index contributed by atoms with van der Waals surface area (Å²) in [7, 11) is 0. The van der Waals surface area contributed by atoms with Gasteiger partial charge in [-0.2, -0.15) is 0 Å².